The molecule has 1 heterocycles. The molecule has 1 amide bonds. The van der Waals surface area contributed by atoms with E-state index in [1.807, 2.05) is 6.92 Å². The third-order valence-electron chi connectivity index (χ3n) is 5.25. The number of nitrogens with one attached hydrogen (secondary N) is 2. The molecule has 1 aromatic carbocycles. The first kappa shape index (κ1) is 24.2. The van der Waals surface area contributed by atoms with Gasteiger partial charge in [0.1, 0.15) is 0 Å². The van der Waals surface area contributed by atoms with Gasteiger partial charge in [0, 0.05) is 39.7 Å². The molecule has 0 unspecified atom stereocenters. The Hall–Kier alpha value is -2.12. The first-order chi connectivity index (χ1) is 14.7. The van der Waals surface area contributed by atoms with Crippen molar-refractivity contribution in [2.45, 2.75) is 46.3 Å². The summed E-state index contributed by atoms with van der Waals surface area (Å²) >= 11 is 0. The summed E-state index contributed by atoms with van der Waals surface area (Å²) in [6.45, 7) is 9.95. The number of amides is 1. The standard InChI is InChI=1S/C23H38N4O3/c1-4-25-23(27-11-9-19(10-12-27)16-22(28)24-3)26-17-20-7-6-8-21(15-20)18-30-14-13-29-5-2/h6-8,15,19H,4-5,9-14,16-18H2,1-3H3,(H,24,28)(H,25,26). The van der Waals surface area contributed by atoms with Crippen molar-refractivity contribution in [2.24, 2.45) is 10.9 Å². The Morgan fingerprint density at radius 3 is 2.60 bits per heavy atom. The molecular weight excluding hydrogens is 380 g/mol. The minimum absolute atomic E-state index is 0.135. The summed E-state index contributed by atoms with van der Waals surface area (Å²) in [6.07, 6.45) is 2.66. The van der Waals surface area contributed by atoms with Crippen LogP contribution < -0.4 is 10.6 Å². The highest BCUT2D eigenvalue weighted by Gasteiger charge is 2.23. The number of hydrogen-bond acceptors (Lipinski definition) is 4. The van der Waals surface area contributed by atoms with Gasteiger partial charge in [0.05, 0.1) is 26.4 Å². The Labute approximate surface area is 181 Å². The molecular formula is C23H38N4O3. The molecule has 1 aliphatic rings. The Kier molecular flexibility index (Phi) is 11.3. The van der Waals surface area contributed by atoms with Crippen LogP contribution in [0.4, 0.5) is 0 Å². The third kappa shape index (κ3) is 8.71. The van der Waals surface area contributed by atoms with E-state index in [4.69, 9.17) is 14.5 Å². The summed E-state index contributed by atoms with van der Waals surface area (Å²) in [5.41, 5.74) is 2.32. The first-order valence-corrected chi connectivity index (χ1v) is 11.1. The van der Waals surface area contributed by atoms with Gasteiger partial charge in [-0.25, -0.2) is 4.99 Å². The maximum Gasteiger partial charge on any atom is 0.220 e. The predicted molar refractivity (Wildman–Crippen MR) is 120 cm³/mol. The molecule has 0 atom stereocenters. The van der Waals surface area contributed by atoms with Crippen molar-refractivity contribution >= 4 is 11.9 Å². The van der Waals surface area contributed by atoms with Crippen LogP contribution >= 0.6 is 0 Å². The first-order valence-electron chi connectivity index (χ1n) is 11.1. The fourth-order valence-electron chi connectivity index (χ4n) is 3.58. The molecule has 1 aliphatic heterocycles. The quantitative estimate of drug-likeness (QED) is 0.328. The maximum absolute atomic E-state index is 11.6. The lowest BCUT2D eigenvalue weighted by atomic mass is 9.93. The summed E-state index contributed by atoms with van der Waals surface area (Å²) < 4.78 is 11.0. The molecule has 1 aromatic rings. The Bertz CT molecular complexity index is 658. The van der Waals surface area contributed by atoms with E-state index in [0.29, 0.717) is 38.7 Å². The van der Waals surface area contributed by atoms with Gasteiger partial charge >= 0.3 is 0 Å². The number of piperidine rings is 1. The summed E-state index contributed by atoms with van der Waals surface area (Å²) in [4.78, 5) is 18.8. The number of rotatable bonds is 11. The lowest BCUT2D eigenvalue weighted by Crippen LogP contribution is -2.46. The number of ether oxygens (including phenoxy) is 2. The lowest BCUT2D eigenvalue weighted by Gasteiger charge is -2.34. The fraction of sp³-hybridized carbons (Fsp3) is 0.652. The Balaban J connectivity index is 1.87. The summed E-state index contributed by atoms with van der Waals surface area (Å²) in [6, 6.07) is 8.40. The number of guanidine groups is 1. The van der Waals surface area contributed by atoms with E-state index in [-0.39, 0.29) is 5.91 Å². The zero-order chi connectivity index (χ0) is 21.6. The van der Waals surface area contributed by atoms with Crippen molar-refractivity contribution in [2.75, 3.05) is 46.5 Å². The van der Waals surface area contributed by atoms with Crippen molar-refractivity contribution in [1.82, 2.24) is 15.5 Å². The van der Waals surface area contributed by atoms with Crippen LogP contribution in [0.1, 0.15) is 44.2 Å². The van der Waals surface area contributed by atoms with Crippen molar-refractivity contribution in [1.29, 1.82) is 0 Å². The SMILES string of the molecule is CCNC(=NCc1cccc(COCCOCC)c1)N1CCC(CC(=O)NC)CC1. The van der Waals surface area contributed by atoms with Gasteiger partial charge in [-0.2, -0.15) is 0 Å². The van der Waals surface area contributed by atoms with Crippen molar-refractivity contribution in [3.63, 3.8) is 0 Å². The van der Waals surface area contributed by atoms with Crippen LogP contribution in [0.25, 0.3) is 0 Å². The molecule has 0 aromatic heterocycles. The van der Waals surface area contributed by atoms with Crippen LogP contribution in [0, 0.1) is 5.92 Å². The molecule has 0 bridgehead atoms. The monoisotopic (exact) mass is 418 g/mol. The van der Waals surface area contributed by atoms with Crippen LogP contribution in [0.3, 0.4) is 0 Å². The molecule has 1 saturated heterocycles. The van der Waals surface area contributed by atoms with E-state index in [1.165, 1.54) is 5.56 Å². The van der Waals surface area contributed by atoms with Crippen molar-refractivity contribution < 1.29 is 14.3 Å². The number of aliphatic imine (C=N–C) groups is 1. The van der Waals surface area contributed by atoms with Crippen molar-refractivity contribution in [3.8, 4) is 0 Å². The van der Waals surface area contributed by atoms with Crippen molar-refractivity contribution in [3.05, 3.63) is 35.4 Å². The molecule has 0 radical (unpaired) electrons. The molecule has 30 heavy (non-hydrogen) atoms. The predicted octanol–water partition coefficient (Wildman–Crippen LogP) is 2.55. The van der Waals surface area contributed by atoms with Gasteiger partial charge in [-0.05, 0) is 43.7 Å². The minimum atomic E-state index is 0.135. The van der Waals surface area contributed by atoms with Gasteiger partial charge in [0.2, 0.25) is 5.91 Å². The highest BCUT2D eigenvalue weighted by Crippen LogP contribution is 2.20. The second-order valence-electron chi connectivity index (χ2n) is 7.55. The Morgan fingerprint density at radius 1 is 1.17 bits per heavy atom. The zero-order valence-corrected chi connectivity index (χ0v) is 18.8. The highest BCUT2D eigenvalue weighted by atomic mass is 16.5. The van der Waals surface area contributed by atoms with Gasteiger partial charge in [-0.15, -0.1) is 0 Å². The van der Waals surface area contributed by atoms with E-state index >= 15 is 0 Å². The number of nitrogens with zero attached hydrogens (tertiary/aromatic N) is 2. The van der Waals surface area contributed by atoms with Gasteiger partial charge in [0.15, 0.2) is 5.96 Å². The molecule has 168 valence electrons. The van der Waals surface area contributed by atoms with Crippen LogP contribution in [0.2, 0.25) is 0 Å². The van der Waals surface area contributed by atoms with Crippen LogP contribution in [0.5, 0.6) is 0 Å². The van der Waals surface area contributed by atoms with E-state index < -0.39 is 0 Å². The average Bonchev–Trinajstić information content (AvgIpc) is 2.77. The van der Waals surface area contributed by atoms with Crippen LogP contribution in [-0.4, -0.2) is 63.3 Å². The molecule has 0 saturated carbocycles. The number of carbonyl (C=O) groups is 1. The fourth-order valence-corrected chi connectivity index (χ4v) is 3.58. The second-order valence-corrected chi connectivity index (χ2v) is 7.55. The third-order valence-corrected chi connectivity index (χ3v) is 5.25. The smallest absolute Gasteiger partial charge is 0.220 e. The van der Waals surface area contributed by atoms with E-state index in [2.05, 4.69) is 46.7 Å². The summed E-state index contributed by atoms with van der Waals surface area (Å²) in [5, 5.41) is 6.14. The van der Waals surface area contributed by atoms with Gasteiger partial charge in [-0.1, -0.05) is 24.3 Å². The van der Waals surface area contributed by atoms with E-state index in [1.54, 1.807) is 7.05 Å². The zero-order valence-electron chi connectivity index (χ0n) is 18.8. The number of carbonyl (C=O) groups excluding carboxylic acids is 1. The van der Waals surface area contributed by atoms with Crippen LogP contribution in [-0.2, 0) is 27.4 Å². The second kappa shape index (κ2) is 14.0. The molecule has 7 heteroatoms. The largest absolute Gasteiger partial charge is 0.379 e. The topological polar surface area (TPSA) is 75.2 Å². The normalized spacial score (nSPS) is 15.3. The minimum Gasteiger partial charge on any atom is -0.379 e. The van der Waals surface area contributed by atoms with E-state index in [0.717, 1.165) is 50.6 Å². The molecule has 1 fully saturated rings. The summed E-state index contributed by atoms with van der Waals surface area (Å²) in [7, 11) is 1.70. The molecule has 0 spiro atoms. The lowest BCUT2D eigenvalue weighted by molar-refractivity contribution is -0.121. The van der Waals surface area contributed by atoms with Crippen LogP contribution in [0.15, 0.2) is 29.3 Å². The number of hydrogen-bond donors (Lipinski definition) is 2. The molecule has 7 nitrogen and oxygen atoms in total. The number of benzene rings is 1. The molecule has 0 aliphatic carbocycles. The maximum atomic E-state index is 11.6. The van der Waals surface area contributed by atoms with E-state index in [9.17, 15) is 4.79 Å². The van der Waals surface area contributed by atoms with Gasteiger partial charge < -0.3 is 25.0 Å². The Morgan fingerprint density at radius 2 is 1.90 bits per heavy atom. The number of likely N-dealkylation sites (tertiary alicyclic amines) is 1. The summed E-state index contributed by atoms with van der Waals surface area (Å²) in [5.74, 6) is 1.55. The average molecular weight is 419 g/mol. The van der Waals surface area contributed by atoms with Gasteiger partial charge in [0.25, 0.3) is 0 Å². The molecule has 2 rings (SSSR count). The highest BCUT2D eigenvalue weighted by molar-refractivity contribution is 5.80. The molecule has 2 N–H and O–H groups in total. The van der Waals surface area contributed by atoms with Gasteiger partial charge in [-0.3, -0.25) is 4.79 Å².